The topological polar surface area (TPSA) is 86.8 Å². The molecule has 0 heterocycles. The standard InChI is InChI=1S/C29H34BrN3O4S/c1-22(2)19-31-29(35)27(18-23-10-6-4-7-11-23)32(20-24-14-16-25(30)17-15-24)28(34)21-33(38(3,36)37)26-12-8-5-9-13-26/h4-17,22,27H,18-21H2,1-3H3,(H,31,35)/t27-/m0/s1. The van der Waals surface area contributed by atoms with Gasteiger partial charge in [-0.2, -0.15) is 0 Å². The van der Waals surface area contributed by atoms with Crippen LogP contribution in [0.3, 0.4) is 0 Å². The van der Waals surface area contributed by atoms with E-state index in [0.717, 1.165) is 26.2 Å². The Morgan fingerprint density at radius 1 is 0.868 bits per heavy atom. The summed E-state index contributed by atoms with van der Waals surface area (Å²) in [4.78, 5) is 29.0. The zero-order chi connectivity index (χ0) is 27.7. The Morgan fingerprint density at radius 3 is 2.00 bits per heavy atom. The van der Waals surface area contributed by atoms with Gasteiger partial charge in [0.15, 0.2) is 0 Å². The molecular weight excluding hydrogens is 566 g/mol. The van der Waals surface area contributed by atoms with Crippen molar-refractivity contribution >= 4 is 43.5 Å². The largest absolute Gasteiger partial charge is 0.354 e. The third kappa shape index (κ3) is 8.70. The van der Waals surface area contributed by atoms with Gasteiger partial charge in [0, 0.05) is 24.0 Å². The normalized spacial score (nSPS) is 12.1. The van der Waals surface area contributed by atoms with Gasteiger partial charge in [-0.05, 0) is 41.3 Å². The maximum absolute atomic E-state index is 13.9. The molecule has 38 heavy (non-hydrogen) atoms. The zero-order valence-corrected chi connectivity index (χ0v) is 24.3. The number of carbonyl (C=O) groups excluding carboxylic acids is 2. The molecule has 0 bridgehead atoms. The van der Waals surface area contributed by atoms with Crippen LogP contribution in [0.4, 0.5) is 5.69 Å². The van der Waals surface area contributed by atoms with E-state index >= 15 is 0 Å². The lowest BCUT2D eigenvalue weighted by Crippen LogP contribution is -2.53. The number of para-hydroxylation sites is 1. The van der Waals surface area contributed by atoms with Crippen molar-refractivity contribution in [3.05, 3.63) is 101 Å². The summed E-state index contributed by atoms with van der Waals surface area (Å²) < 4.78 is 27.4. The lowest BCUT2D eigenvalue weighted by Gasteiger charge is -2.33. The summed E-state index contributed by atoms with van der Waals surface area (Å²) in [6, 6.07) is 24.7. The van der Waals surface area contributed by atoms with Gasteiger partial charge in [0.25, 0.3) is 0 Å². The van der Waals surface area contributed by atoms with Crippen LogP contribution in [0, 0.1) is 5.92 Å². The number of halogens is 1. The van der Waals surface area contributed by atoms with Crippen LogP contribution < -0.4 is 9.62 Å². The Bertz CT molecular complexity index is 1300. The molecule has 1 atom stereocenters. The van der Waals surface area contributed by atoms with E-state index in [0.29, 0.717) is 12.2 Å². The molecule has 9 heteroatoms. The van der Waals surface area contributed by atoms with Crippen molar-refractivity contribution in [2.24, 2.45) is 5.92 Å². The van der Waals surface area contributed by atoms with Gasteiger partial charge in [0.05, 0.1) is 11.9 Å². The average Bonchev–Trinajstić information content (AvgIpc) is 2.89. The van der Waals surface area contributed by atoms with Crippen molar-refractivity contribution in [2.75, 3.05) is 23.7 Å². The first-order chi connectivity index (χ1) is 18.0. The molecule has 0 aliphatic rings. The van der Waals surface area contributed by atoms with Crippen molar-refractivity contribution < 1.29 is 18.0 Å². The lowest BCUT2D eigenvalue weighted by atomic mass is 10.0. The van der Waals surface area contributed by atoms with Gasteiger partial charge in [-0.15, -0.1) is 0 Å². The van der Waals surface area contributed by atoms with Crippen molar-refractivity contribution in [1.82, 2.24) is 10.2 Å². The molecular formula is C29H34BrN3O4S. The second-order valence-corrected chi connectivity index (χ2v) is 12.4. The fourth-order valence-corrected chi connectivity index (χ4v) is 5.08. The van der Waals surface area contributed by atoms with Gasteiger partial charge in [-0.3, -0.25) is 13.9 Å². The maximum Gasteiger partial charge on any atom is 0.244 e. The Hall–Kier alpha value is -3.17. The number of rotatable bonds is 12. The minimum absolute atomic E-state index is 0.144. The molecule has 0 spiro atoms. The van der Waals surface area contributed by atoms with Crippen LogP contribution >= 0.6 is 15.9 Å². The summed E-state index contributed by atoms with van der Waals surface area (Å²) in [7, 11) is -3.77. The van der Waals surface area contributed by atoms with E-state index in [9.17, 15) is 18.0 Å². The lowest BCUT2D eigenvalue weighted by molar-refractivity contribution is -0.140. The van der Waals surface area contributed by atoms with E-state index in [4.69, 9.17) is 0 Å². The second kappa shape index (κ2) is 13.6. The van der Waals surface area contributed by atoms with Gasteiger partial charge in [0.1, 0.15) is 12.6 Å². The average molecular weight is 601 g/mol. The summed E-state index contributed by atoms with van der Waals surface area (Å²) in [5.74, 6) is -0.521. The van der Waals surface area contributed by atoms with Crippen molar-refractivity contribution in [1.29, 1.82) is 0 Å². The van der Waals surface area contributed by atoms with Gasteiger partial charge in [0.2, 0.25) is 21.8 Å². The molecule has 0 fully saturated rings. The number of anilines is 1. The van der Waals surface area contributed by atoms with Crippen LogP contribution in [0.25, 0.3) is 0 Å². The Morgan fingerprint density at radius 2 is 1.45 bits per heavy atom. The van der Waals surface area contributed by atoms with Crippen LogP contribution in [0.2, 0.25) is 0 Å². The van der Waals surface area contributed by atoms with Crippen molar-refractivity contribution in [3.63, 3.8) is 0 Å². The quantitative estimate of drug-likeness (QED) is 0.329. The molecule has 0 unspecified atom stereocenters. The van der Waals surface area contributed by atoms with Crippen LogP contribution in [0.1, 0.15) is 25.0 Å². The van der Waals surface area contributed by atoms with E-state index in [2.05, 4.69) is 21.2 Å². The van der Waals surface area contributed by atoms with E-state index in [1.807, 2.05) is 68.4 Å². The Kier molecular flexibility index (Phi) is 10.5. The molecule has 1 N–H and O–H groups in total. The molecule has 3 aromatic rings. The first-order valence-electron chi connectivity index (χ1n) is 12.4. The summed E-state index contributed by atoms with van der Waals surface area (Å²) in [6.45, 7) is 4.18. The summed E-state index contributed by atoms with van der Waals surface area (Å²) in [6.07, 6.45) is 1.36. The van der Waals surface area contributed by atoms with Crippen molar-refractivity contribution in [2.45, 2.75) is 32.9 Å². The summed E-state index contributed by atoms with van der Waals surface area (Å²) in [5, 5.41) is 2.98. The fourth-order valence-electron chi connectivity index (χ4n) is 3.97. The number of benzene rings is 3. The third-order valence-corrected chi connectivity index (χ3v) is 7.61. The fraction of sp³-hybridized carbons (Fsp3) is 0.310. The molecule has 7 nitrogen and oxygen atoms in total. The highest BCUT2D eigenvalue weighted by Gasteiger charge is 2.33. The summed E-state index contributed by atoms with van der Waals surface area (Å²) >= 11 is 3.43. The number of amides is 2. The molecule has 0 aromatic heterocycles. The number of carbonyl (C=O) groups is 2. The summed E-state index contributed by atoms with van der Waals surface area (Å²) in [5.41, 5.74) is 2.10. The predicted octanol–water partition coefficient (Wildman–Crippen LogP) is 4.63. The SMILES string of the molecule is CC(C)CNC(=O)[C@H](Cc1ccccc1)N(Cc1ccc(Br)cc1)C(=O)CN(c1ccccc1)S(C)(=O)=O. The Labute approximate surface area is 234 Å². The first kappa shape index (κ1) is 29.4. The molecule has 0 aliphatic heterocycles. The number of sulfonamides is 1. The maximum atomic E-state index is 13.9. The predicted molar refractivity (Wildman–Crippen MR) is 155 cm³/mol. The van der Waals surface area contributed by atoms with Gasteiger partial charge in [-0.1, -0.05) is 90.4 Å². The van der Waals surface area contributed by atoms with Crippen LogP contribution in [-0.4, -0.2) is 50.5 Å². The second-order valence-electron chi connectivity index (χ2n) is 9.60. The van der Waals surface area contributed by atoms with Gasteiger partial charge in [-0.25, -0.2) is 8.42 Å². The van der Waals surface area contributed by atoms with Crippen LogP contribution in [0.5, 0.6) is 0 Å². The molecule has 0 radical (unpaired) electrons. The van der Waals surface area contributed by atoms with E-state index in [1.54, 1.807) is 30.3 Å². The molecule has 3 aromatic carbocycles. The number of nitrogens with one attached hydrogen (secondary N) is 1. The van der Waals surface area contributed by atoms with Crippen LogP contribution in [-0.2, 0) is 32.6 Å². The van der Waals surface area contributed by atoms with Gasteiger partial charge < -0.3 is 10.2 Å². The molecule has 2 amide bonds. The molecule has 3 rings (SSSR count). The third-order valence-electron chi connectivity index (χ3n) is 5.95. The highest BCUT2D eigenvalue weighted by molar-refractivity contribution is 9.10. The zero-order valence-electron chi connectivity index (χ0n) is 21.9. The van der Waals surface area contributed by atoms with Crippen LogP contribution in [0.15, 0.2) is 89.4 Å². The highest BCUT2D eigenvalue weighted by Crippen LogP contribution is 2.21. The molecule has 202 valence electrons. The molecule has 0 saturated heterocycles. The minimum atomic E-state index is -3.77. The van der Waals surface area contributed by atoms with E-state index < -0.39 is 28.5 Å². The number of nitrogens with zero attached hydrogens (tertiary/aromatic N) is 2. The van der Waals surface area contributed by atoms with E-state index in [1.165, 1.54) is 4.90 Å². The van der Waals surface area contributed by atoms with Gasteiger partial charge >= 0.3 is 0 Å². The smallest absolute Gasteiger partial charge is 0.244 e. The van der Waals surface area contributed by atoms with E-state index in [-0.39, 0.29) is 24.8 Å². The minimum Gasteiger partial charge on any atom is -0.354 e. The highest BCUT2D eigenvalue weighted by atomic mass is 79.9. The monoisotopic (exact) mass is 599 g/mol. The van der Waals surface area contributed by atoms with Crippen molar-refractivity contribution in [3.8, 4) is 0 Å². The Balaban J connectivity index is 2.02. The molecule has 0 saturated carbocycles. The number of hydrogen-bond acceptors (Lipinski definition) is 4. The first-order valence-corrected chi connectivity index (χ1v) is 15.1. The molecule has 0 aliphatic carbocycles. The number of hydrogen-bond donors (Lipinski definition) is 1.